The molecule has 0 radical (unpaired) electrons. The minimum Gasteiger partial charge on any atom is -0.492 e. The van der Waals surface area contributed by atoms with Gasteiger partial charge >= 0.3 is 0 Å². The lowest BCUT2D eigenvalue weighted by Gasteiger charge is -2.21. The van der Waals surface area contributed by atoms with Crippen LogP contribution in [0, 0.1) is 0 Å². The second-order valence-electron chi connectivity index (χ2n) is 7.30. The number of rotatable bonds is 9. The van der Waals surface area contributed by atoms with Gasteiger partial charge in [0.15, 0.2) is 0 Å². The van der Waals surface area contributed by atoms with Gasteiger partial charge in [-0.1, -0.05) is 18.2 Å². The van der Waals surface area contributed by atoms with Gasteiger partial charge in [0.1, 0.15) is 12.4 Å². The van der Waals surface area contributed by atoms with Crippen molar-refractivity contribution in [2.45, 2.75) is 19.3 Å². The predicted molar refractivity (Wildman–Crippen MR) is 115 cm³/mol. The summed E-state index contributed by atoms with van der Waals surface area (Å²) in [6.07, 6.45) is 3.20. The summed E-state index contributed by atoms with van der Waals surface area (Å²) in [7, 11) is -1.21. The molecule has 0 unspecified atom stereocenters. The Labute approximate surface area is 172 Å². The summed E-state index contributed by atoms with van der Waals surface area (Å²) in [5, 5.41) is 2.89. The van der Waals surface area contributed by atoms with Crippen LogP contribution in [0.2, 0.25) is 0 Å². The van der Waals surface area contributed by atoms with Gasteiger partial charge in [0.25, 0.3) is 0 Å². The molecule has 0 bridgehead atoms. The number of nitrogens with zero attached hydrogens (tertiary/aromatic N) is 1. The largest absolute Gasteiger partial charge is 0.492 e. The van der Waals surface area contributed by atoms with Gasteiger partial charge in [-0.25, -0.2) is 8.42 Å². The Bertz CT molecular complexity index is 958. The molecule has 2 aromatic carbocycles. The average Bonchev–Trinajstić information content (AvgIpc) is 2.66. The first-order valence-corrected chi connectivity index (χ1v) is 11.5. The maximum atomic E-state index is 11.5. The maximum Gasteiger partial charge on any atom is 0.229 e. The second kappa shape index (κ2) is 9.28. The van der Waals surface area contributed by atoms with E-state index in [1.807, 2.05) is 37.4 Å². The van der Waals surface area contributed by atoms with Gasteiger partial charge in [-0.2, -0.15) is 0 Å². The van der Waals surface area contributed by atoms with E-state index in [-0.39, 0.29) is 5.91 Å². The standard InChI is InChI=1S/C21H27N3O4S/c1-24(13-12-16-6-8-17(9-7-16)23-29(2,26)27)14-15-28-20-5-3-4-19-18(20)10-11-21(25)22-19/h3-9,23H,10-15H2,1-2H3,(H,22,25). The van der Waals surface area contributed by atoms with Crippen molar-refractivity contribution in [3.8, 4) is 5.75 Å². The summed E-state index contributed by atoms with van der Waals surface area (Å²) in [5.74, 6) is 0.888. The zero-order valence-corrected chi connectivity index (χ0v) is 17.6. The minimum atomic E-state index is -3.25. The minimum absolute atomic E-state index is 0.0505. The molecular formula is C21H27N3O4S. The fourth-order valence-electron chi connectivity index (χ4n) is 3.22. The molecule has 1 aliphatic heterocycles. The summed E-state index contributed by atoms with van der Waals surface area (Å²) in [4.78, 5) is 13.7. The molecule has 7 nitrogen and oxygen atoms in total. The Hall–Kier alpha value is -2.58. The van der Waals surface area contributed by atoms with Crippen LogP contribution in [0.3, 0.4) is 0 Å². The SMILES string of the molecule is CN(CCOc1cccc2c1CCC(=O)N2)CCc1ccc(NS(C)(=O)=O)cc1. The van der Waals surface area contributed by atoms with Crippen LogP contribution in [-0.4, -0.2) is 52.2 Å². The van der Waals surface area contributed by atoms with E-state index in [0.717, 1.165) is 48.3 Å². The smallest absolute Gasteiger partial charge is 0.229 e. The number of amides is 1. The number of likely N-dealkylation sites (N-methyl/N-ethyl adjacent to an activating group) is 1. The molecule has 0 spiro atoms. The van der Waals surface area contributed by atoms with Crippen LogP contribution < -0.4 is 14.8 Å². The highest BCUT2D eigenvalue weighted by Crippen LogP contribution is 2.30. The third-order valence-corrected chi connectivity index (χ3v) is 5.39. The van der Waals surface area contributed by atoms with Gasteiger partial charge in [-0.15, -0.1) is 0 Å². The Morgan fingerprint density at radius 1 is 1.10 bits per heavy atom. The number of anilines is 2. The predicted octanol–water partition coefficient (Wildman–Crippen LogP) is 2.50. The van der Waals surface area contributed by atoms with Crippen molar-refractivity contribution >= 4 is 27.3 Å². The molecule has 2 N–H and O–H groups in total. The van der Waals surface area contributed by atoms with Crippen molar-refractivity contribution in [3.05, 3.63) is 53.6 Å². The number of nitrogens with one attached hydrogen (secondary N) is 2. The van der Waals surface area contributed by atoms with Gasteiger partial charge in [0.2, 0.25) is 15.9 Å². The molecule has 0 saturated heterocycles. The van der Waals surface area contributed by atoms with Crippen molar-refractivity contribution in [1.82, 2.24) is 4.90 Å². The molecule has 156 valence electrons. The van der Waals surface area contributed by atoms with E-state index >= 15 is 0 Å². The van der Waals surface area contributed by atoms with Crippen LogP contribution in [0.15, 0.2) is 42.5 Å². The van der Waals surface area contributed by atoms with Gasteiger partial charge in [0, 0.05) is 36.4 Å². The van der Waals surface area contributed by atoms with Crippen molar-refractivity contribution in [3.63, 3.8) is 0 Å². The number of hydrogen-bond donors (Lipinski definition) is 2. The van der Waals surface area contributed by atoms with Crippen LogP contribution in [0.5, 0.6) is 5.75 Å². The Morgan fingerprint density at radius 2 is 1.86 bits per heavy atom. The van der Waals surface area contributed by atoms with E-state index in [1.165, 1.54) is 0 Å². The number of hydrogen-bond acceptors (Lipinski definition) is 5. The molecule has 8 heteroatoms. The summed E-state index contributed by atoms with van der Waals surface area (Å²) in [5.41, 5.74) is 3.63. The quantitative estimate of drug-likeness (QED) is 0.655. The lowest BCUT2D eigenvalue weighted by molar-refractivity contribution is -0.116. The number of carbonyl (C=O) groups excluding carboxylic acids is 1. The summed E-state index contributed by atoms with van der Waals surface area (Å²) in [6, 6.07) is 13.2. The second-order valence-corrected chi connectivity index (χ2v) is 9.05. The van der Waals surface area contributed by atoms with E-state index in [0.29, 0.717) is 25.1 Å². The number of sulfonamides is 1. The number of ether oxygens (including phenoxy) is 1. The first kappa shape index (κ1) is 21.1. The van der Waals surface area contributed by atoms with Gasteiger partial charge < -0.3 is 15.0 Å². The molecule has 1 heterocycles. The summed E-state index contributed by atoms with van der Waals surface area (Å²) < 4.78 is 30.9. The monoisotopic (exact) mass is 417 g/mol. The zero-order valence-electron chi connectivity index (χ0n) is 16.8. The Morgan fingerprint density at radius 3 is 2.59 bits per heavy atom. The Balaban J connectivity index is 1.43. The van der Waals surface area contributed by atoms with Crippen LogP contribution in [0.1, 0.15) is 17.5 Å². The van der Waals surface area contributed by atoms with Crippen LogP contribution in [0.4, 0.5) is 11.4 Å². The summed E-state index contributed by atoms with van der Waals surface area (Å²) >= 11 is 0. The third-order valence-electron chi connectivity index (χ3n) is 4.78. The fourth-order valence-corrected chi connectivity index (χ4v) is 3.79. The molecule has 1 amide bonds. The van der Waals surface area contributed by atoms with E-state index in [2.05, 4.69) is 14.9 Å². The molecule has 0 atom stereocenters. The zero-order chi connectivity index (χ0) is 20.9. The molecule has 0 fully saturated rings. The molecule has 29 heavy (non-hydrogen) atoms. The van der Waals surface area contributed by atoms with Crippen molar-refractivity contribution in [2.75, 3.05) is 43.0 Å². The van der Waals surface area contributed by atoms with Crippen LogP contribution in [-0.2, 0) is 27.7 Å². The highest BCUT2D eigenvalue weighted by Gasteiger charge is 2.18. The first-order valence-electron chi connectivity index (χ1n) is 9.60. The molecule has 3 rings (SSSR count). The molecule has 2 aromatic rings. The van der Waals surface area contributed by atoms with Crippen molar-refractivity contribution in [2.24, 2.45) is 0 Å². The number of fused-ring (bicyclic) bond motifs is 1. The average molecular weight is 418 g/mol. The first-order chi connectivity index (χ1) is 13.8. The molecule has 0 aliphatic carbocycles. The van der Waals surface area contributed by atoms with E-state index in [4.69, 9.17) is 4.74 Å². The Kier molecular flexibility index (Phi) is 6.76. The highest BCUT2D eigenvalue weighted by molar-refractivity contribution is 7.92. The van der Waals surface area contributed by atoms with E-state index in [9.17, 15) is 13.2 Å². The molecule has 1 aliphatic rings. The van der Waals surface area contributed by atoms with Crippen LogP contribution in [0.25, 0.3) is 0 Å². The lowest BCUT2D eigenvalue weighted by atomic mass is 10.0. The van der Waals surface area contributed by atoms with Crippen molar-refractivity contribution in [1.29, 1.82) is 0 Å². The van der Waals surface area contributed by atoms with Gasteiger partial charge in [-0.05, 0) is 49.7 Å². The van der Waals surface area contributed by atoms with Crippen molar-refractivity contribution < 1.29 is 17.9 Å². The maximum absolute atomic E-state index is 11.5. The third kappa shape index (κ3) is 6.47. The summed E-state index contributed by atoms with van der Waals surface area (Å²) in [6.45, 7) is 2.22. The topological polar surface area (TPSA) is 87.7 Å². The molecule has 0 saturated carbocycles. The van der Waals surface area contributed by atoms with Gasteiger partial charge in [0.05, 0.1) is 6.26 Å². The van der Waals surface area contributed by atoms with E-state index < -0.39 is 10.0 Å². The molecule has 0 aromatic heterocycles. The number of benzene rings is 2. The fraction of sp³-hybridized carbons (Fsp3) is 0.381. The van der Waals surface area contributed by atoms with Crippen LogP contribution >= 0.6 is 0 Å². The highest BCUT2D eigenvalue weighted by atomic mass is 32.2. The van der Waals surface area contributed by atoms with E-state index in [1.54, 1.807) is 12.1 Å². The normalized spacial score (nSPS) is 13.7. The van der Waals surface area contributed by atoms with Gasteiger partial charge in [-0.3, -0.25) is 9.52 Å². The lowest BCUT2D eigenvalue weighted by Crippen LogP contribution is -2.27. The molecular weight excluding hydrogens is 390 g/mol. The number of carbonyl (C=O) groups is 1.